The van der Waals surface area contributed by atoms with Gasteiger partial charge in [-0.1, -0.05) is 12.1 Å². The fourth-order valence-electron chi connectivity index (χ4n) is 1.10. The second-order valence-corrected chi connectivity index (χ2v) is 2.71. The first-order chi connectivity index (χ1) is 5.65. The minimum Gasteiger partial charge on any atom is -0.204 e. The molecular formula is C10H10F2. The molecular weight excluding hydrogens is 158 g/mol. The van der Waals surface area contributed by atoms with Crippen LogP contribution in [-0.2, 0) is 6.42 Å². The smallest absolute Gasteiger partial charge is 0.162 e. The van der Waals surface area contributed by atoms with Gasteiger partial charge >= 0.3 is 0 Å². The summed E-state index contributed by atoms with van der Waals surface area (Å²) in [4.78, 5) is 0. The van der Waals surface area contributed by atoms with E-state index in [1.165, 1.54) is 6.07 Å². The summed E-state index contributed by atoms with van der Waals surface area (Å²) in [5, 5.41) is 0. The highest BCUT2D eigenvalue weighted by molar-refractivity contribution is 5.26. The van der Waals surface area contributed by atoms with E-state index in [9.17, 15) is 8.78 Å². The predicted molar refractivity (Wildman–Crippen MR) is 45.0 cm³/mol. The lowest BCUT2D eigenvalue weighted by Gasteiger charge is -2.02. The third kappa shape index (κ3) is 1.70. The van der Waals surface area contributed by atoms with E-state index in [0.29, 0.717) is 12.0 Å². The molecule has 0 aliphatic carbocycles. The largest absolute Gasteiger partial charge is 0.204 e. The summed E-state index contributed by atoms with van der Waals surface area (Å²) in [5.41, 5.74) is 1.09. The van der Waals surface area contributed by atoms with Gasteiger partial charge < -0.3 is 0 Å². The summed E-state index contributed by atoms with van der Waals surface area (Å²) >= 11 is 0. The van der Waals surface area contributed by atoms with Crippen molar-refractivity contribution in [2.75, 3.05) is 0 Å². The molecule has 0 N–H and O–H groups in total. The molecule has 0 saturated carbocycles. The second kappa shape index (κ2) is 3.48. The molecule has 64 valence electrons. The number of aryl methyl sites for hydroxylation is 1. The normalized spacial score (nSPS) is 9.92. The van der Waals surface area contributed by atoms with Gasteiger partial charge in [-0.2, -0.15) is 0 Å². The molecule has 0 fully saturated rings. The fraction of sp³-hybridized carbons (Fsp3) is 0.200. The highest BCUT2D eigenvalue weighted by atomic mass is 19.2. The van der Waals surface area contributed by atoms with E-state index < -0.39 is 11.6 Å². The molecule has 0 nitrogen and oxygen atoms in total. The Morgan fingerprint density at radius 2 is 2.08 bits per heavy atom. The van der Waals surface area contributed by atoms with Gasteiger partial charge in [0.05, 0.1) is 0 Å². The van der Waals surface area contributed by atoms with Gasteiger partial charge in [-0.15, -0.1) is 6.58 Å². The van der Waals surface area contributed by atoms with Gasteiger partial charge in [-0.3, -0.25) is 0 Å². The van der Waals surface area contributed by atoms with Crippen LogP contribution in [0.5, 0.6) is 0 Å². The lowest BCUT2D eigenvalue weighted by molar-refractivity contribution is 0.500. The Morgan fingerprint density at radius 1 is 1.42 bits per heavy atom. The van der Waals surface area contributed by atoms with Crippen LogP contribution in [-0.4, -0.2) is 0 Å². The average Bonchev–Trinajstić information content (AvgIpc) is 2.00. The fourth-order valence-corrected chi connectivity index (χ4v) is 1.10. The molecule has 2 heteroatoms. The molecule has 0 heterocycles. The first-order valence-electron chi connectivity index (χ1n) is 3.70. The first kappa shape index (κ1) is 8.91. The van der Waals surface area contributed by atoms with E-state index in [1.54, 1.807) is 19.1 Å². The molecule has 0 bridgehead atoms. The van der Waals surface area contributed by atoms with E-state index >= 15 is 0 Å². The lowest BCUT2D eigenvalue weighted by Crippen LogP contribution is -1.94. The van der Waals surface area contributed by atoms with Crippen molar-refractivity contribution in [3.05, 3.63) is 47.5 Å². The van der Waals surface area contributed by atoms with E-state index in [4.69, 9.17) is 0 Å². The molecule has 0 aliphatic heterocycles. The Morgan fingerprint density at radius 3 is 2.67 bits per heavy atom. The molecule has 0 spiro atoms. The van der Waals surface area contributed by atoms with Crippen LogP contribution in [0.3, 0.4) is 0 Å². The predicted octanol–water partition coefficient (Wildman–Crippen LogP) is 3.00. The maximum Gasteiger partial charge on any atom is 0.162 e. The maximum atomic E-state index is 12.9. The van der Waals surface area contributed by atoms with Crippen LogP contribution in [0.1, 0.15) is 11.1 Å². The molecule has 0 aromatic heterocycles. The molecule has 0 unspecified atom stereocenters. The summed E-state index contributed by atoms with van der Waals surface area (Å²) in [5.74, 6) is -1.55. The van der Waals surface area contributed by atoms with Gasteiger partial charge in [0.25, 0.3) is 0 Å². The number of benzene rings is 1. The number of hydrogen-bond acceptors (Lipinski definition) is 0. The van der Waals surface area contributed by atoms with Crippen molar-refractivity contribution in [2.45, 2.75) is 13.3 Å². The minimum absolute atomic E-state index is 0.363. The zero-order chi connectivity index (χ0) is 9.14. The maximum absolute atomic E-state index is 12.9. The van der Waals surface area contributed by atoms with Crippen LogP contribution < -0.4 is 0 Å². The van der Waals surface area contributed by atoms with Crippen LogP contribution >= 0.6 is 0 Å². The Hall–Kier alpha value is -1.18. The van der Waals surface area contributed by atoms with Crippen molar-refractivity contribution in [3.8, 4) is 0 Å². The summed E-state index contributed by atoms with van der Waals surface area (Å²) < 4.78 is 25.7. The van der Waals surface area contributed by atoms with Crippen LogP contribution in [0, 0.1) is 18.6 Å². The molecule has 1 aromatic carbocycles. The standard InChI is InChI=1S/C10H10F2/c1-3-4-8-5-7(2)6-9(11)10(8)12/h3,5-6H,1,4H2,2H3. The SMILES string of the molecule is C=CCc1cc(C)cc(F)c1F. The average molecular weight is 168 g/mol. The summed E-state index contributed by atoms with van der Waals surface area (Å²) in [6, 6.07) is 2.81. The zero-order valence-corrected chi connectivity index (χ0v) is 6.90. The number of hydrogen-bond donors (Lipinski definition) is 0. The highest BCUT2D eigenvalue weighted by Gasteiger charge is 2.07. The molecule has 12 heavy (non-hydrogen) atoms. The van der Waals surface area contributed by atoms with Gasteiger partial charge in [-0.05, 0) is 30.5 Å². The van der Waals surface area contributed by atoms with Crippen molar-refractivity contribution in [1.82, 2.24) is 0 Å². The van der Waals surface area contributed by atoms with Crippen LogP contribution in [0.2, 0.25) is 0 Å². The van der Waals surface area contributed by atoms with Crippen molar-refractivity contribution in [3.63, 3.8) is 0 Å². The van der Waals surface area contributed by atoms with Crippen molar-refractivity contribution >= 4 is 0 Å². The van der Waals surface area contributed by atoms with E-state index in [0.717, 1.165) is 5.56 Å². The summed E-state index contributed by atoms with van der Waals surface area (Å²) in [6.45, 7) is 5.20. The quantitative estimate of drug-likeness (QED) is 0.595. The molecule has 1 aromatic rings. The van der Waals surface area contributed by atoms with E-state index in [2.05, 4.69) is 6.58 Å². The molecule has 0 atom stereocenters. The Labute approximate surface area is 70.5 Å². The van der Waals surface area contributed by atoms with Crippen molar-refractivity contribution < 1.29 is 8.78 Å². The topological polar surface area (TPSA) is 0 Å². The highest BCUT2D eigenvalue weighted by Crippen LogP contribution is 2.15. The van der Waals surface area contributed by atoms with Crippen LogP contribution in [0.15, 0.2) is 24.8 Å². The molecule has 0 saturated heterocycles. The van der Waals surface area contributed by atoms with E-state index in [1.807, 2.05) is 0 Å². The number of halogens is 2. The zero-order valence-electron chi connectivity index (χ0n) is 6.90. The Bertz CT molecular complexity index is 303. The van der Waals surface area contributed by atoms with Gasteiger partial charge in [0, 0.05) is 0 Å². The summed E-state index contributed by atoms with van der Waals surface area (Å²) in [6.07, 6.45) is 1.92. The first-order valence-corrected chi connectivity index (χ1v) is 3.70. The third-order valence-corrected chi connectivity index (χ3v) is 1.61. The van der Waals surface area contributed by atoms with Crippen molar-refractivity contribution in [2.24, 2.45) is 0 Å². The third-order valence-electron chi connectivity index (χ3n) is 1.61. The number of allylic oxidation sites excluding steroid dienone is 1. The van der Waals surface area contributed by atoms with Gasteiger partial charge in [-0.25, -0.2) is 8.78 Å². The minimum atomic E-state index is -0.785. The van der Waals surface area contributed by atoms with Crippen LogP contribution in [0.4, 0.5) is 8.78 Å². The summed E-state index contributed by atoms with van der Waals surface area (Å²) in [7, 11) is 0. The van der Waals surface area contributed by atoms with Crippen molar-refractivity contribution in [1.29, 1.82) is 0 Å². The molecule has 0 amide bonds. The van der Waals surface area contributed by atoms with Gasteiger partial charge in [0.1, 0.15) is 0 Å². The molecule has 0 radical (unpaired) electrons. The Kier molecular flexibility index (Phi) is 2.58. The van der Waals surface area contributed by atoms with E-state index in [-0.39, 0.29) is 0 Å². The molecule has 1 rings (SSSR count). The lowest BCUT2D eigenvalue weighted by atomic mass is 10.1. The van der Waals surface area contributed by atoms with Gasteiger partial charge in [0.2, 0.25) is 0 Å². The monoisotopic (exact) mass is 168 g/mol. The molecule has 0 aliphatic rings. The number of rotatable bonds is 2. The van der Waals surface area contributed by atoms with Gasteiger partial charge in [0.15, 0.2) is 11.6 Å². The second-order valence-electron chi connectivity index (χ2n) is 2.71. The van der Waals surface area contributed by atoms with Crippen LogP contribution in [0.25, 0.3) is 0 Å². The Balaban J connectivity index is 3.17.